The Balaban J connectivity index is 1.31. The highest BCUT2D eigenvalue weighted by atomic mass is 15.3. The Morgan fingerprint density at radius 3 is 2.57 bits per heavy atom. The van der Waals surface area contributed by atoms with Crippen molar-refractivity contribution in [3.8, 4) is 0 Å². The maximum atomic E-state index is 4.39. The standard InChI is InChI=1S/C23H27N5/c1-24-22(26-18-23(11-12-23)21-9-3-2-4-10-21)25-16-19-7-5-8-20(15-19)17-28-14-6-13-27-28/h2-10,13-15H,11-12,16-18H2,1H3,(H2,24,25,26). The summed E-state index contributed by atoms with van der Waals surface area (Å²) in [5.74, 6) is 0.847. The third-order valence-electron chi connectivity index (χ3n) is 5.41. The number of rotatable bonds is 7. The molecule has 0 unspecified atom stereocenters. The van der Waals surface area contributed by atoms with Crippen LogP contribution in [0.15, 0.2) is 78.0 Å². The van der Waals surface area contributed by atoms with Crippen molar-refractivity contribution in [2.24, 2.45) is 4.99 Å². The van der Waals surface area contributed by atoms with E-state index in [4.69, 9.17) is 0 Å². The molecule has 0 aliphatic heterocycles. The Labute approximate surface area is 166 Å². The molecular formula is C23H27N5. The van der Waals surface area contributed by atoms with E-state index in [0.29, 0.717) is 0 Å². The predicted octanol–water partition coefficient (Wildman–Crippen LogP) is 3.33. The van der Waals surface area contributed by atoms with E-state index in [2.05, 4.69) is 75.3 Å². The van der Waals surface area contributed by atoms with E-state index >= 15 is 0 Å². The van der Waals surface area contributed by atoms with Gasteiger partial charge in [0.05, 0.1) is 6.54 Å². The molecule has 2 aromatic carbocycles. The van der Waals surface area contributed by atoms with Gasteiger partial charge in [-0.3, -0.25) is 9.67 Å². The van der Waals surface area contributed by atoms with Crippen molar-refractivity contribution in [3.05, 3.63) is 89.7 Å². The lowest BCUT2D eigenvalue weighted by Crippen LogP contribution is -2.40. The van der Waals surface area contributed by atoms with Crippen LogP contribution in [0.5, 0.6) is 0 Å². The number of benzene rings is 2. The van der Waals surface area contributed by atoms with Gasteiger partial charge in [-0.15, -0.1) is 0 Å². The summed E-state index contributed by atoms with van der Waals surface area (Å²) >= 11 is 0. The molecule has 1 fully saturated rings. The highest BCUT2D eigenvalue weighted by molar-refractivity contribution is 5.79. The fraction of sp³-hybridized carbons (Fsp3) is 0.304. The first-order valence-corrected chi connectivity index (χ1v) is 9.83. The van der Waals surface area contributed by atoms with Crippen LogP contribution >= 0.6 is 0 Å². The van der Waals surface area contributed by atoms with Crippen LogP contribution in [-0.4, -0.2) is 29.3 Å². The third kappa shape index (κ3) is 4.42. The maximum absolute atomic E-state index is 4.39. The lowest BCUT2D eigenvalue weighted by molar-refractivity contribution is 0.645. The van der Waals surface area contributed by atoms with Gasteiger partial charge in [0.1, 0.15) is 0 Å². The molecule has 1 aromatic heterocycles. The van der Waals surface area contributed by atoms with Gasteiger partial charge in [0, 0.05) is 37.9 Å². The number of hydrogen-bond acceptors (Lipinski definition) is 2. The van der Waals surface area contributed by atoms with Crippen molar-refractivity contribution in [2.45, 2.75) is 31.3 Å². The van der Waals surface area contributed by atoms with Crippen molar-refractivity contribution in [1.82, 2.24) is 20.4 Å². The molecule has 0 bridgehead atoms. The lowest BCUT2D eigenvalue weighted by Gasteiger charge is -2.19. The average molecular weight is 374 g/mol. The SMILES string of the molecule is CN=C(NCc1cccc(Cn2cccn2)c1)NCC1(c2ccccc2)CC1. The van der Waals surface area contributed by atoms with Crippen molar-refractivity contribution < 1.29 is 0 Å². The molecular weight excluding hydrogens is 346 g/mol. The van der Waals surface area contributed by atoms with Crippen molar-refractivity contribution in [1.29, 1.82) is 0 Å². The van der Waals surface area contributed by atoms with Gasteiger partial charge in [-0.1, -0.05) is 54.6 Å². The predicted molar refractivity (Wildman–Crippen MR) is 113 cm³/mol. The summed E-state index contributed by atoms with van der Waals surface area (Å²) in [4.78, 5) is 4.39. The van der Waals surface area contributed by atoms with Gasteiger partial charge < -0.3 is 10.6 Å². The molecule has 0 radical (unpaired) electrons. The number of guanidine groups is 1. The summed E-state index contributed by atoms with van der Waals surface area (Å²) in [6.07, 6.45) is 6.26. The van der Waals surface area contributed by atoms with E-state index in [1.807, 2.05) is 30.2 Å². The summed E-state index contributed by atoms with van der Waals surface area (Å²) in [6.45, 7) is 2.44. The highest BCUT2D eigenvalue weighted by Gasteiger charge is 2.43. The van der Waals surface area contributed by atoms with Gasteiger partial charge >= 0.3 is 0 Å². The van der Waals surface area contributed by atoms with Gasteiger partial charge in [0.2, 0.25) is 0 Å². The van der Waals surface area contributed by atoms with Crippen LogP contribution in [0.1, 0.15) is 29.5 Å². The summed E-state index contributed by atoms with van der Waals surface area (Å²) in [5.41, 5.74) is 4.16. The van der Waals surface area contributed by atoms with E-state index < -0.39 is 0 Å². The van der Waals surface area contributed by atoms with Crippen LogP contribution < -0.4 is 10.6 Å². The smallest absolute Gasteiger partial charge is 0.191 e. The second-order valence-electron chi connectivity index (χ2n) is 7.45. The maximum Gasteiger partial charge on any atom is 0.191 e. The van der Waals surface area contributed by atoms with Crippen LogP contribution in [0.25, 0.3) is 0 Å². The number of nitrogens with one attached hydrogen (secondary N) is 2. The molecule has 28 heavy (non-hydrogen) atoms. The van der Waals surface area contributed by atoms with Crippen LogP contribution in [-0.2, 0) is 18.5 Å². The molecule has 0 atom stereocenters. The first-order chi connectivity index (χ1) is 13.8. The molecule has 4 rings (SSSR count). The number of hydrogen-bond donors (Lipinski definition) is 2. The minimum absolute atomic E-state index is 0.266. The summed E-state index contributed by atoms with van der Waals surface area (Å²) in [7, 11) is 1.82. The zero-order valence-electron chi connectivity index (χ0n) is 16.3. The topological polar surface area (TPSA) is 54.2 Å². The summed E-state index contributed by atoms with van der Waals surface area (Å²) < 4.78 is 1.94. The van der Waals surface area contributed by atoms with Gasteiger partial charge in [0.25, 0.3) is 0 Å². The molecule has 1 saturated carbocycles. The normalized spacial score (nSPS) is 15.2. The minimum atomic E-state index is 0.266. The van der Waals surface area contributed by atoms with Gasteiger partial charge in [-0.05, 0) is 35.6 Å². The number of aromatic nitrogens is 2. The molecule has 1 aliphatic carbocycles. The fourth-order valence-corrected chi connectivity index (χ4v) is 3.59. The number of aliphatic imine (C=N–C) groups is 1. The molecule has 0 saturated heterocycles. The quantitative estimate of drug-likeness (QED) is 0.493. The van der Waals surface area contributed by atoms with E-state index in [9.17, 15) is 0 Å². The zero-order valence-corrected chi connectivity index (χ0v) is 16.3. The van der Waals surface area contributed by atoms with E-state index in [1.54, 1.807) is 0 Å². The molecule has 5 nitrogen and oxygen atoms in total. The first kappa shape index (κ1) is 18.3. The summed E-state index contributed by atoms with van der Waals surface area (Å²) in [5, 5.41) is 11.2. The van der Waals surface area contributed by atoms with Crippen LogP contribution in [0.2, 0.25) is 0 Å². The third-order valence-corrected chi connectivity index (χ3v) is 5.41. The Morgan fingerprint density at radius 1 is 1.04 bits per heavy atom. The zero-order chi connectivity index (χ0) is 19.2. The molecule has 3 aromatic rings. The van der Waals surface area contributed by atoms with E-state index in [0.717, 1.165) is 25.6 Å². The van der Waals surface area contributed by atoms with Crippen molar-refractivity contribution in [2.75, 3.05) is 13.6 Å². The second kappa shape index (κ2) is 8.30. The fourth-order valence-electron chi connectivity index (χ4n) is 3.59. The van der Waals surface area contributed by atoms with Crippen molar-refractivity contribution >= 4 is 5.96 Å². The lowest BCUT2D eigenvalue weighted by atomic mass is 9.96. The monoisotopic (exact) mass is 373 g/mol. The first-order valence-electron chi connectivity index (χ1n) is 9.83. The Hall–Kier alpha value is -3.08. The Kier molecular flexibility index (Phi) is 5.42. The van der Waals surface area contributed by atoms with Gasteiger partial charge in [-0.25, -0.2) is 0 Å². The Bertz CT molecular complexity index is 911. The average Bonchev–Trinajstić information content (AvgIpc) is 3.36. The van der Waals surface area contributed by atoms with E-state index in [-0.39, 0.29) is 5.41 Å². The second-order valence-corrected chi connectivity index (χ2v) is 7.45. The minimum Gasteiger partial charge on any atom is -0.356 e. The molecule has 2 N–H and O–H groups in total. The van der Waals surface area contributed by atoms with Crippen LogP contribution in [0.3, 0.4) is 0 Å². The molecule has 0 amide bonds. The molecule has 1 aliphatic rings. The van der Waals surface area contributed by atoms with Crippen LogP contribution in [0.4, 0.5) is 0 Å². The highest BCUT2D eigenvalue weighted by Crippen LogP contribution is 2.47. The van der Waals surface area contributed by atoms with Gasteiger partial charge in [-0.2, -0.15) is 5.10 Å². The van der Waals surface area contributed by atoms with Crippen molar-refractivity contribution in [3.63, 3.8) is 0 Å². The number of nitrogens with zero attached hydrogens (tertiary/aromatic N) is 3. The van der Waals surface area contributed by atoms with Crippen LogP contribution in [0, 0.1) is 0 Å². The Morgan fingerprint density at radius 2 is 1.86 bits per heavy atom. The summed E-state index contributed by atoms with van der Waals surface area (Å²) in [6, 6.07) is 21.3. The molecule has 5 heteroatoms. The molecule has 144 valence electrons. The largest absolute Gasteiger partial charge is 0.356 e. The molecule has 1 heterocycles. The molecule has 0 spiro atoms. The van der Waals surface area contributed by atoms with E-state index in [1.165, 1.54) is 29.5 Å². The van der Waals surface area contributed by atoms with Gasteiger partial charge in [0.15, 0.2) is 5.96 Å².